The van der Waals surface area contributed by atoms with Crippen molar-refractivity contribution >= 4 is 29.0 Å². The molecule has 0 spiro atoms. The van der Waals surface area contributed by atoms with Crippen molar-refractivity contribution < 1.29 is 24.2 Å². The Labute approximate surface area is 243 Å². The van der Waals surface area contributed by atoms with Crippen LogP contribution in [-0.2, 0) is 9.53 Å². The van der Waals surface area contributed by atoms with Crippen LogP contribution < -0.4 is 15.6 Å². The normalized spacial score (nSPS) is 17.3. The third kappa shape index (κ3) is 7.15. The van der Waals surface area contributed by atoms with Crippen LogP contribution in [0.4, 0.5) is 5.69 Å². The Balaban J connectivity index is 1.66. The monoisotopic (exact) mass is 577 g/mol. The minimum atomic E-state index is -1.03. The summed E-state index contributed by atoms with van der Waals surface area (Å²) in [5.41, 5.74) is 1.55. The van der Waals surface area contributed by atoms with Gasteiger partial charge in [0.2, 0.25) is 0 Å². The van der Waals surface area contributed by atoms with Crippen molar-refractivity contribution in [2.75, 3.05) is 26.1 Å². The van der Waals surface area contributed by atoms with Gasteiger partial charge in [-0.1, -0.05) is 11.6 Å². The van der Waals surface area contributed by atoms with Gasteiger partial charge >= 0.3 is 5.97 Å². The summed E-state index contributed by atoms with van der Waals surface area (Å²) in [5.74, 6) is -0.673. The van der Waals surface area contributed by atoms with E-state index in [0.717, 1.165) is 25.7 Å². The fraction of sp³-hybridized carbons (Fsp3) is 0.355. The number of carboxylic acid groups (broad SMARTS) is 1. The second kappa shape index (κ2) is 13.5. The number of rotatable bonds is 11. The summed E-state index contributed by atoms with van der Waals surface area (Å²) in [6.07, 6.45) is 5.74. The zero-order chi connectivity index (χ0) is 29.5. The number of carbonyl (C=O) groups is 2. The van der Waals surface area contributed by atoms with E-state index in [-0.39, 0.29) is 29.9 Å². The van der Waals surface area contributed by atoms with Crippen LogP contribution >= 0.6 is 11.6 Å². The molecule has 0 amide bonds. The molecule has 1 aromatic heterocycles. The number of pyridine rings is 1. The fourth-order valence-electron chi connectivity index (χ4n) is 5.34. The molecule has 10 heteroatoms. The topological polar surface area (TPSA) is 131 Å². The number of halogens is 1. The molecule has 2 N–H and O–H groups in total. The third-order valence-corrected chi connectivity index (χ3v) is 7.88. The van der Waals surface area contributed by atoms with Crippen LogP contribution in [0.5, 0.6) is 5.75 Å². The van der Waals surface area contributed by atoms with E-state index >= 15 is 0 Å². The number of benzene rings is 2. The number of nitriles is 1. The van der Waals surface area contributed by atoms with E-state index in [4.69, 9.17) is 26.2 Å². The van der Waals surface area contributed by atoms with Crippen molar-refractivity contribution in [2.24, 2.45) is 5.92 Å². The molecule has 4 rings (SSSR count). The van der Waals surface area contributed by atoms with Crippen molar-refractivity contribution in [1.29, 1.82) is 5.26 Å². The molecule has 0 saturated heterocycles. The molecule has 1 aliphatic carbocycles. The van der Waals surface area contributed by atoms with Crippen LogP contribution in [0.25, 0.3) is 11.1 Å². The van der Waals surface area contributed by atoms with E-state index in [0.29, 0.717) is 39.6 Å². The lowest BCUT2D eigenvalue weighted by Crippen LogP contribution is -2.35. The van der Waals surface area contributed by atoms with Crippen molar-refractivity contribution in [1.82, 2.24) is 4.57 Å². The lowest BCUT2D eigenvalue weighted by atomic mass is 9.82. The zero-order valence-electron chi connectivity index (χ0n) is 22.9. The van der Waals surface area contributed by atoms with Gasteiger partial charge in [-0.25, -0.2) is 4.79 Å². The number of ketones is 1. The van der Waals surface area contributed by atoms with Crippen molar-refractivity contribution in [3.05, 3.63) is 81.2 Å². The van der Waals surface area contributed by atoms with Crippen molar-refractivity contribution in [3.63, 3.8) is 0 Å². The highest BCUT2D eigenvalue weighted by Gasteiger charge is 2.29. The zero-order valence-corrected chi connectivity index (χ0v) is 23.7. The maximum atomic E-state index is 13.7. The second-order valence-electron chi connectivity index (χ2n) is 10.1. The molecule has 3 aromatic rings. The van der Waals surface area contributed by atoms with Crippen LogP contribution in [0.2, 0.25) is 5.02 Å². The Hall–Kier alpha value is -4.13. The standard InChI is InChI=1S/C31H32ClN3O6/c1-40-24-11-3-19(4-12-24)13-27(28(36)17-34-23-9-6-20(7-10-23)31(38)39)35-18-29(41-2)26(15-30(35)37)25-14-22(32)8-5-21(25)16-33/h5-10,14-15,18-19,24,27,34H,3-4,11-13,17H2,1-2H3,(H,38,39). The van der Waals surface area contributed by atoms with Gasteiger partial charge in [0.1, 0.15) is 5.75 Å². The Kier molecular flexibility index (Phi) is 9.82. The van der Waals surface area contributed by atoms with Gasteiger partial charge in [0.05, 0.1) is 49.2 Å². The Morgan fingerprint density at radius 1 is 1.10 bits per heavy atom. The van der Waals surface area contributed by atoms with E-state index < -0.39 is 17.6 Å². The molecule has 1 unspecified atom stereocenters. The van der Waals surface area contributed by atoms with Crippen LogP contribution in [0, 0.1) is 17.2 Å². The van der Waals surface area contributed by atoms with E-state index in [1.165, 1.54) is 36.1 Å². The molecule has 1 aliphatic rings. The number of aromatic carboxylic acids is 1. The van der Waals surface area contributed by atoms with E-state index in [2.05, 4.69) is 11.4 Å². The van der Waals surface area contributed by atoms with Gasteiger partial charge < -0.3 is 24.5 Å². The fourth-order valence-corrected chi connectivity index (χ4v) is 5.51. The number of carbonyl (C=O) groups excluding carboxylic acids is 1. The number of aromatic nitrogens is 1. The highest BCUT2D eigenvalue weighted by molar-refractivity contribution is 6.31. The average Bonchev–Trinajstić information content (AvgIpc) is 2.99. The number of hydrogen-bond acceptors (Lipinski definition) is 7. The molecule has 0 aliphatic heterocycles. The first kappa shape index (κ1) is 29.8. The van der Waals surface area contributed by atoms with Crippen LogP contribution in [0.1, 0.15) is 54.1 Å². The van der Waals surface area contributed by atoms with E-state index in [1.807, 2.05) is 0 Å². The molecule has 0 radical (unpaired) electrons. The predicted octanol–water partition coefficient (Wildman–Crippen LogP) is 5.56. The number of carboxylic acids is 1. The minimum Gasteiger partial charge on any atom is -0.495 e. The molecule has 214 valence electrons. The largest absolute Gasteiger partial charge is 0.495 e. The quantitative estimate of drug-likeness (QED) is 0.303. The first-order chi connectivity index (χ1) is 19.7. The lowest BCUT2D eigenvalue weighted by molar-refractivity contribution is -0.121. The molecule has 1 atom stereocenters. The molecular formula is C31H32ClN3O6. The first-order valence-electron chi connectivity index (χ1n) is 13.4. The Morgan fingerprint density at radius 2 is 1.80 bits per heavy atom. The Morgan fingerprint density at radius 3 is 2.41 bits per heavy atom. The number of Topliss-reactive ketones (excluding diaryl/α,β-unsaturated/α-hetero) is 1. The highest BCUT2D eigenvalue weighted by Crippen LogP contribution is 2.36. The maximum Gasteiger partial charge on any atom is 0.335 e. The summed E-state index contributed by atoms with van der Waals surface area (Å²) in [6.45, 7) is -0.0616. The van der Waals surface area contributed by atoms with Crippen LogP contribution in [-0.4, -0.2) is 48.3 Å². The number of nitrogens with one attached hydrogen (secondary N) is 1. The smallest absolute Gasteiger partial charge is 0.335 e. The maximum absolute atomic E-state index is 13.7. The van der Waals surface area contributed by atoms with E-state index in [9.17, 15) is 19.6 Å². The first-order valence-corrected chi connectivity index (χ1v) is 13.7. The van der Waals surface area contributed by atoms with Gasteiger partial charge in [-0.2, -0.15) is 5.26 Å². The van der Waals surface area contributed by atoms with Gasteiger partial charge in [0.15, 0.2) is 5.78 Å². The molecule has 41 heavy (non-hydrogen) atoms. The minimum absolute atomic E-state index is 0.0616. The van der Waals surface area contributed by atoms with Gasteiger partial charge in [0, 0.05) is 35.0 Å². The van der Waals surface area contributed by atoms with Gasteiger partial charge in [0.25, 0.3) is 5.56 Å². The number of ether oxygens (including phenoxy) is 2. The van der Waals surface area contributed by atoms with Gasteiger partial charge in [-0.3, -0.25) is 9.59 Å². The lowest BCUT2D eigenvalue weighted by Gasteiger charge is -2.31. The summed E-state index contributed by atoms with van der Waals surface area (Å²) in [5, 5.41) is 22.2. The molecule has 1 saturated carbocycles. The van der Waals surface area contributed by atoms with E-state index in [1.54, 1.807) is 37.4 Å². The summed E-state index contributed by atoms with van der Waals surface area (Å²) in [7, 11) is 3.17. The number of hydrogen-bond donors (Lipinski definition) is 2. The number of nitrogens with zero attached hydrogens (tertiary/aromatic N) is 2. The molecule has 1 heterocycles. The van der Waals surface area contributed by atoms with Crippen LogP contribution in [0.3, 0.4) is 0 Å². The van der Waals surface area contributed by atoms with Crippen molar-refractivity contribution in [2.45, 2.75) is 44.2 Å². The van der Waals surface area contributed by atoms with Gasteiger partial charge in [-0.05, 0) is 80.5 Å². The predicted molar refractivity (Wildman–Crippen MR) is 156 cm³/mol. The summed E-state index contributed by atoms with van der Waals surface area (Å²) >= 11 is 6.20. The summed E-state index contributed by atoms with van der Waals surface area (Å²) < 4.78 is 12.6. The Bertz CT molecular complexity index is 1500. The summed E-state index contributed by atoms with van der Waals surface area (Å²) in [6, 6.07) is 13.6. The molecular weight excluding hydrogens is 546 g/mol. The summed E-state index contributed by atoms with van der Waals surface area (Å²) in [4.78, 5) is 38.4. The molecule has 9 nitrogen and oxygen atoms in total. The number of anilines is 1. The molecule has 1 fully saturated rings. The third-order valence-electron chi connectivity index (χ3n) is 7.65. The van der Waals surface area contributed by atoms with Crippen LogP contribution in [0.15, 0.2) is 59.5 Å². The SMILES string of the molecule is COc1cn(C(CC2CCC(OC)CC2)C(=O)CNc2ccc(C(=O)O)cc2)c(=O)cc1-c1cc(Cl)ccc1C#N. The van der Waals surface area contributed by atoms with Gasteiger partial charge in [-0.15, -0.1) is 0 Å². The molecule has 2 aromatic carbocycles. The van der Waals surface area contributed by atoms with Crippen molar-refractivity contribution in [3.8, 4) is 22.9 Å². The highest BCUT2D eigenvalue weighted by atomic mass is 35.5. The number of methoxy groups -OCH3 is 2. The average molecular weight is 578 g/mol. The molecule has 0 bridgehead atoms. The second-order valence-corrected chi connectivity index (χ2v) is 10.6.